The van der Waals surface area contributed by atoms with Crippen molar-refractivity contribution in [1.82, 2.24) is 0 Å². The summed E-state index contributed by atoms with van der Waals surface area (Å²) in [5.74, 6) is -0.645. The van der Waals surface area contributed by atoms with Gasteiger partial charge in [0.2, 0.25) is 5.78 Å². The molecule has 0 bridgehead atoms. The van der Waals surface area contributed by atoms with E-state index in [9.17, 15) is 19.3 Å². The van der Waals surface area contributed by atoms with E-state index >= 15 is 0 Å². The van der Waals surface area contributed by atoms with Crippen molar-refractivity contribution in [3.8, 4) is 5.75 Å². The van der Waals surface area contributed by atoms with E-state index in [1.54, 1.807) is 6.07 Å². The first-order valence-electron chi connectivity index (χ1n) is 9.21. The maximum Gasteiger partial charge on any atom is 0.273 e. The van der Waals surface area contributed by atoms with Crippen LogP contribution in [-0.2, 0) is 4.79 Å². The Hall–Kier alpha value is -3.01. The Balaban J connectivity index is 1.67. The predicted octanol–water partition coefficient (Wildman–Crippen LogP) is 3.98. The van der Waals surface area contributed by atoms with Gasteiger partial charge < -0.3 is 15.4 Å². The number of ketones is 1. The molecule has 0 unspecified atom stereocenters. The van der Waals surface area contributed by atoms with Gasteiger partial charge in [-0.05, 0) is 53.0 Å². The quantitative estimate of drug-likeness (QED) is 0.291. The van der Waals surface area contributed by atoms with Crippen molar-refractivity contribution < 1.29 is 18.8 Å². The number of anilines is 1. The summed E-state index contributed by atoms with van der Waals surface area (Å²) < 4.78 is 18.9. The van der Waals surface area contributed by atoms with E-state index in [2.05, 4.69) is 20.9 Å². The average molecular weight is 479 g/mol. The third kappa shape index (κ3) is 4.76. The lowest BCUT2D eigenvalue weighted by molar-refractivity contribution is -0.384. The minimum Gasteiger partial charge on any atom is -0.494 e. The molecule has 1 fully saturated rings. The van der Waals surface area contributed by atoms with E-state index in [0.717, 1.165) is 5.69 Å². The normalized spacial score (nSPS) is 15.2. The summed E-state index contributed by atoms with van der Waals surface area (Å²) in [7, 11) is 1.46. The second kappa shape index (κ2) is 9.21. The number of nitro benzene ring substituents is 1. The number of nitrogens with two attached hydrogens (primary N) is 1. The molecule has 3 rings (SSSR count). The smallest absolute Gasteiger partial charge is 0.273 e. The second-order valence-corrected chi connectivity index (χ2v) is 7.69. The van der Waals surface area contributed by atoms with Crippen LogP contribution in [0.25, 0.3) is 0 Å². The molecule has 10 heteroatoms. The van der Waals surface area contributed by atoms with Crippen molar-refractivity contribution in [1.29, 1.82) is 0 Å². The maximum atomic E-state index is 13.3. The van der Waals surface area contributed by atoms with Gasteiger partial charge in [-0.15, -0.1) is 0 Å². The first kappa shape index (κ1) is 21.7. The van der Waals surface area contributed by atoms with Gasteiger partial charge in [0.05, 0.1) is 33.9 Å². The monoisotopic (exact) mass is 478 g/mol. The zero-order valence-electron chi connectivity index (χ0n) is 16.2. The summed E-state index contributed by atoms with van der Waals surface area (Å²) in [6.45, 7) is 1.14. The fraction of sp³-hybridized carbons (Fsp3) is 0.300. The zero-order chi connectivity index (χ0) is 21.8. The minimum atomic E-state index is -0.473. The third-order valence-corrected chi connectivity index (χ3v) is 5.59. The molecule has 8 nitrogen and oxygen atoms in total. The lowest BCUT2D eigenvalue weighted by atomic mass is 9.91. The molecule has 0 atom stereocenters. The van der Waals surface area contributed by atoms with Crippen molar-refractivity contribution in [3.05, 3.63) is 56.8 Å². The molecule has 0 radical (unpaired) electrons. The summed E-state index contributed by atoms with van der Waals surface area (Å²) >= 11 is 3.08. The van der Waals surface area contributed by atoms with Crippen LogP contribution in [0.15, 0.2) is 45.9 Å². The highest BCUT2D eigenvalue weighted by Crippen LogP contribution is 2.34. The predicted molar refractivity (Wildman–Crippen MR) is 115 cm³/mol. The second-order valence-electron chi connectivity index (χ2n) is 6.83. The topological polar surface area (TPSA) is 111 Å². The number of nitro groups is 1. The van der Waals surface area contributed by atoms with E-state index in [0.29, 0.717) is 37.4 Å². The third-order valence-electron chi connectivity index (χ3n) is 4.99. The molecule has 2 N–H and O–H groups in total. The molecule has 0 aromatic heterocycles. The van der Waals surface area contributed by atoms with Crippen LogP contribution in [-0.4, -0.2) is 36.7 Å². The summed E-state index contributed by atoms with van der Waals surface area (Å²) in [6.07, 6.45) is 1.12. The van der Waals surface area contributed by atoms with Gasteiger partial charge in [0.1, 0.15) is 11.6 Å². The fourth-order valence-corrected chi connectivity index (χ4v) is 3.75. The molecule has 1 aliphatic rings. The lowest BCUT2D eigenvalue weighted by Crippen LogP contribution is -2.40. The Labute approximate surface area is 180 Å². The maximum absolute atomic E-state index is 13.3. The van der Waals surface area contributed by atoms with Crippen LogP contribution in [0.3, 0.4) is 0 Å². The molecule has 1 aliphatic heterocycles. The van der Waals surface area contributed by atoms with Crippen LogP contribution >= 0.6 is 15.9 Å². The molecular formula is C20H20BrFN4O4. The lowest BCUT2D eigenvalue weighted by Gasteiger charge is -2.33. The van der Waals surface area contributed by atoms with Crippen LogP contribution in [0.5, 0.6) is 5.75 Å². The van der Waals surface area contributed by atoms with Crippen LogP contribution in [0.1, 0.15) is 12.8 Å². The average Bonchev–Trinajstić information content (AvgIpc) is 2.75. The van der Waals surface area contributed by atoms with Gasteiger partial charge in [-0.1, -0.05) is 0 Å². The fourth-order valence-electron chi connectivity index (χ4n) is 3.38. The summed E-state index contributed by atoms with van der Waals surface area (Å²) in [6, 6.07) is 8.62. The molecule has 158 valence electrons. The number of ether oxygens (including phenoxy) is 1. The summed E-state index contributed by atoms with van der Waals surface area (Å²) in [5.41, 5.74) is 6.99. The van der Waals surface area contributed by atoms with Crippen LogP contribution in [0, 0.1) is 21.8 Å². The largest absolute Gasteiger partial charge is 0.494 e. The number of hydrogen-bond acceptors (Lipinski definition) is 6. The Kier molecular flexibility index (Phi) is 6.66. The number of methoxy groups -OCH3 is 1. The Morgan fingerprint density at radius 3 is 2.60 bits per heavy atom. The first-order valence-corrected chi connectivity index (χ1v) is 10.00. The van der Waals surface area contributed by atoms with Crippen molar-refractivity contribution >= 4 is 44.6 Å². The van der Waals surface area contributed by atoms with Crippen molar-refractivity contribution in [3.63, 3.8) is 0 Å². The summed E-state index contributed by atoms with van der Waals surface area (Å²) in [5, 5.41) is 11.0. The Morgan fingerprint density at radius 1 is 1.30 bits per heavy atom. The molecule has 0 amide bonds. The van der Waals surface area contributed by atoms with E-state index < -0.39 is 10.7 Å². The van der Waals surface area contributed by atoms with Gasteiger partial charge in [0.15, 0.2) is 5.84 Å². The van der Waals surface area contributed by atoms with Gasteiger partial charge in [0.25, 0.3) is 5.69 Å². The number of Topliss-reactive ketones (excluding diaryl/α,β-unsaturated/α-hetero) is 1. The number of piperidine rings is 1. The van der Waals surface area contributed by atoms with E-state index in [1.807, 2.05) is 4.90 Å². The summed E-state index contributed by atoms with van der Waals surface area (Å²) in [4.78, 5) is 29.3. The van der Waals surface area contributed by atoms with E-state index in [-0.39, 0.29) is 27.7 Å². The number of nitrogens with zero attached hydrogens (tertiary/aromatic N) is 3. The number of amidine groups is 1. The number of benzene rings is 2. The first-order chi connectivity index (χ1) is 14.3. The Bertz CT molecular complexity index is 1010. The highest BCUT2D eigenvalue weighted by molar-refractivity contribution is 9.10. The van der Waals surface area contributed by atoms with Crippen LogP contribution in [0.2, 0.25) is 0 Å². The number of halogens is 2. The van der Waals surface area contributed by atoms with E-state index in [4.69, 9.17) is 10.5 Å². The molecule has 0 aliphatic carbocycles. The number of rotatable bonds is 6. The minimum absolute atomic E-state index is 0.0444. The van der Waals surface area contributed by atoms with Crippen molar-refractivity contribution in [2.45, 2.75) is 12.8 Å². The Morgan fingerprint density at radius 2 is 2.00 bits per heavy atom. The molecule has 2 aromatic carbocycles. The van der Waals surface area contributed by atoms with Gasteiger partial charge in [-0.2, -0.15) is 0 Å². The van der Waals surface area contributed by atoms with Crippen LogP contribution in [0.4, 0.5) is 21.5 Å². The van der Waals surface area contributed by atoms with E-state index in [1.165, 1.54) is 37.4 Å². The number of hydrogen-bond donors (Lipinski definition) is 1. The number of carbonyl (C=O) groups is 1. The van der Waals surface area contributed by atoms with Gasteiger partial charge in [-0.25, -0.2) is 9.38 Å². The van der Waals surface area contributed by atoms with Crippen molar-refractivity contribution in [2.24, 2.45) is 16.6 Å². The number of aliphatic imine (C=N–C) groups is 1. The molecule has 1 heterocycles. The van der Waals surface area contributed by atoms with Crippen molar-refractivity contribution in [2.75, 3.05) is 25.1 Å². The molecule has 0 saturated carbocycles. The highest BCUT2D eigenvalue weighted by Gasteiger charge is 2.28. The molecule has 30 heavy (non-hydrogen) atoms. The standard InChI is InChI=1S/C20H20BrFN4O4/c1-30-18-11-14(26(28)29)3-5-17(18)25-8-6-12(7-9-25)19(27)20(23)24-13-2-4-16(22)15(21)10-13/h2-5,10-12H,6-9H2,1H3,(H2,23,24). The molecule has 0 spiro atoms. The van der Waals surface area contributed by atoms with Gasteiger partial charge in [0, 0.05) is 25.1 Å². The number of non-ortho nitro benzene ring substituents is 1. The highest BCUT2D eigenvalue weighted by atomic mass is 79.9. The van der Waals surface area contributed by atoms with Crippen LogP contribution < -0.4 is 15.4 Å². The molecule has 1 saturated heterocycles. The SMILES string of the molecule is COc1cc([N+](=O)[O-])ccc1N1CCC(C(=O)C(N)=Nc2ccc(F)c(Br)c2)CC1. The zero-order valence-corrected chi connectivity index (χ0v) is 17.8. The van der Waals surface area contributed by atoms with Gasteiger partial charge >= 0.3 is 0 Å². The molecule has 2 aromatic rings. The number of carbonyl (C=O) groups excluding carboxylic acids is 1. The van der Waals surface area contributed by atoms with Gasteiger partial charge in [-0.3, -0.25) is 14.9 Å². The molecular weight excluding hydrogens is 459 g/mol.